The molecule has 0 aliphatic carbocycles. The predicted octanol–water partition coefficient (Wildman–Crippen LogP) is 4.13. The van der Waals surface area contributed by atoms with Crippen molar-refractivity contribution in [1.82, 2.24) is 20.2 Å². The molecular formula is C17H19N7. The third kappa shape index (κ3) is 3.62. The molecule has 3 aromatic rings. The molecule has 1 N–H and O–H groups in total. The second-order valence-corrected chi connectivity index (χ2v) is 5.11. The van der Waals surface area contributed by atoms with Crippen LogP contribution < -0.4 is 4.90 Å². The van der Waals surface area contributed by atoms with E-state index in [9.17, 15) is 0 Å². The topological polar surface area (TPSA) is 82.4 Å². The average molecular weight is 321 g/mol. The summed E-state index contributed by atoms with van der Waals surface area (Å²) < 4.78 is 0. The lowest BCUT2D eigenvalue weighted by atomic mass is 10.2. The van der Waals surface area contributed by atoms with E-state index in [0.29, 0.717) is 11.8 Å². The Morgan fingerprint density at radius 3 is 2.50 bits per heavy atom. The SMILES string of the molecule is CCN(CC)c1ccc(N=Nc2n[nH]c(-c3cccnc3)n2)cc1. The normalized spacial score (nSPS) is 11.1. The molecule has 0 amide bonds. The number of aromatic amines is 1. The summed E-state index contributed by atoms with van der Waals surface area (Å²) >= 11 is 0. The van der Waals surface area contributed by atoms with Crippen LogP contribution in [-0.4, -0.2) is 33.3 Å². The molecule has 0 bridgehead atoms. The number of pyridine rings is 1. The Labute approximate surface area is 140 Å². The Balaban J connectivity index is 1.71. The summed E-state index contributed by atoms with van der Waals surface area (Å²) in [4.78, 5) is 10.6. The van der Waals surface area contributed by atoms with Crippen LogP contribution in [0.25, 0.3) is 11.4 Å². The smallest absolute Gasteiger partial charge is 0.287 e. The molecule has 2 heterocycles. The molecule has 7 nitrogen and oxygen atoms in total. The molecule has 0 atom stereocenters. The summed E-state index contributed by atoms with van der Waals surface area (Å²) in [5.74, 6) is 0.913. The highest BCUT2D eigenvalue weighted by atomic mass is 15.3. The fourth-order valence-electron chi connectivity index (χ4n) is 2.35. The van der Waals surface area contributed by atoms with Crippen LogP contribution in [0.4, 0.5) is 17.3 Å². The molecule has 0 aliphatic heterocycles. The molecule has 0 spiro atoms. The van der Waals surface area contributed by atoms with Crippen LogP contribution in [0.5, 0.6) is 0 Å². The highest BCUT2D eigenvalue weighted by Crippen LogP contribution is 2.22. The molecule has 0 radical (unpaired) electrons. The van der Waals surface area contributed by atoms with E-state index in [2.05, 4.69) is 49.1 Å². The van der Waals surface area contributed by atoms with Crippen LogP contribution >= 0.6 is 0 Å². The number of nitrogens with one attached hydrogen (secondary N) is 1. The summed E-state index contributed by atoms with van der Waals surface area (Å²) in [5, 5.41) is 15.1. The fraction of sp³-hybridized carbons (Fsp3) is 0.235. The molecule has 7 heteroatoms. The van der Waals surface area contributed by atoms with Gasteiger partial charge in [-0.3, -0.25) is 10.1 Å². The van der Waals surface area contributed by atoms with E-state index in [-0.39, 0.29) is 0 Å². The van der Waals surface area contributed by atoms with Crippen LogP contribution in [0.15, 0.2) is 59.0 Å². The Bertz CT molecular complexity index is 789. The van der Waals surface area contributed by atoms with E-state index < -0.39 is 0 Å². The maximum Gasteiger partial charge on any atom is 0.287 e. The van der Waals surface area contributed by atoms with Gasteiger partial charge in [0.25, 0.3) is 5.95 Å². The van der Waals surface area contributed by atoms with Gasteiger partial charge < -0.3 is 4.90 Å². The van der Waals surface area contributed by atoms with Gasteiger partial charge in [0.2, 0.25) is 0 Å². The lowest BCUT2D eigenvalue weighted by molar-refractivity contribution is 0.866. The molecule has 0 unspecified atom stereocenters. The first-order valence-electron chi connectivity index (χ1n) is 7.89. The molecule has 24 heavy (non-hydrogen) atoms. The molecule has 0 fully saturated rings. The lowest BCUT2D eigenvalue weighted by Gasteiger charge is -2.20. The van der Waals surface area contributed by atoms with Gasteiger partial charge in [-0.2, -0.15) is 4.98 Å². The minimum atomic E-state index is 0.293. The maximum atomic E-state index is 4.29. The van der Waals surface area contributed by atoms with Crippen molar-refractivity contribution in [2.75, 3.05) is 18.0 Å². The number of benzene rings is 1. The van der Waals surface area contributed by atoms with Gasteiger partial charge in [-0.1, -0.05) is 0 Å². The number of hydrogen-bond acceptors (Lipinski definition) is 6. The van der Waals surface area contributed by atoms with Crippen molar-refractivity contribution >= 4 is 17.3 Å². The number of rotatable bonds is 6. The zero-order valence-electron chi connectivity index (χ0n) is 13.7. The largest absolute Gasteiger partial charge is 0.372 e. The monoisotopic (exact) mass is 321 g/mol. The third-order valence-corrected chi connectivity index (χ3v) is 3.64. The fourth-order valence-corrected chi connectivity index (χ4v) is 2.35. The standard InChI is InChI=1S/C17H19N7/c1-3-24(4-2)15-9-7-14(8-10-15)20-22-17-19-16(21-23-17)13-6-5-11-18-12-13/h5-12H,3-4H2,1-2H3,(H,19,21,23). The zero-order chi connectivity index (χ0) is 16.8. The molecule has 0 aliphatic rings. The van der Waals surface area contributed by atoms with Gasteiger partial charge in [-0.25, -0.2) is 0 Å². The van der Waals surface area contributed by atoms with Crippen LogP contribution in [-0.2, 0) is 0 Å². The number of H-pyrrole nitrogens is 1. The van der Waals surface area contributed by atoms with E-state index in [1.807, 2.05) is 36.4 Å². The summed E-state index contributed by atoms with van der Waals surface area (Å²) in [6.07, 6.45) is 3.43. The number of nitrogens with zero attached hydrogens (tertiary/aromatic N) is 6. The summed E-state index contributed by atoms with van der Waals surface area (Å²) in [6.45, 7) is 6.23. The van der Waals surface area contributed by atoms with Gasteiger partial charge in [0.05, 0.1) is 5.69 Å². The summed E-state index contributed by atoms with van der Waals surface area (Å²) in [7, 11) is 0. The molecule has 122 valence electrons. The number of aromatic nitrogens is 4. The van der Waals surface area contributed by atoms with Crippen LogP contribution in [0.1, 0.15) is 13.8 Å². The maximum absolute atomic E-state index is 4.29. The first-order chi connectivity index (χ1) is 11.8. The van der Waals surface area contributed by atoms with Gasteiger partial charge in [-0.05, 0) is 50.2 Å². The zero-order valence-corrected chi connectivity index (χ0v) is 13.7. The van der Waals surface area contributed by atoms with E-state index in [1.165, 1.54) is 5.69 Å². The van der Waals surface area contributed by atoms with Crippen molar-refractivity contribution in [2.45, 2.75) is 13.8 Å². The highest BCUT2D eigenvalue weighted by Gasteiger charge is 2.05. The molecule has 2 aromatic heterocycles. The van der Waals surface area contributed by atoms with E-state index in [4.69, 9.17) is 0 Å². The minimum absolute atomic E-state index is 0.293. The first kappa shape index (κ1) is 15.8. The van der Waals surface area contributed by atoms with Crippen molar-refractivity contribution in [3.8, 4) is 11.4 Å². The van der Waals surface area contributed by atoms with Crippen LogP contribution in [0, 0.1) is 0 Å². The van der Waals surface area contributed by atoms with E-state index in [0.717, 1.165) is 24.3 Å². The quantitative estimate of drug-likeness (QED) is 0.692. The molecule has 0 saturated heterocycles. The van der Waals surface area contributed by atoms with Gasteiger partial charge in [0.1, 0.15) is 0 Å². The van der Waals surface area contributed by atoms with Crippen molar-refractivity contribution in [3.63, 3.8) is 0 Å². The highest BCUT2D eigenvalue weighted by molar-refractivity contribution is 5.54. The minimum Gasteiger partial charge on any atom is -0.372 e. The molecule has 3 rings (SSSR count). The van der Waals surface area contributed by atoms with Crippen molar-refractivity contribution in [1.29, 1.82) is 0 Å². The molecule has 0 saturated carbocycles. The number of azo groups is 1. The first-order valence-corrected chi connectivity index (χ1v) is 7.89. The Morgan fingerprint density at radius 2 is 1.83 bits per heavy atom. The summed E-state index contributed by atoms with van der Waals surface area (Å²) in [6, 6.07) is 11.7. The van der Waals surface area contributed by atoms with Crippen LogP contribution in [0.3, 0.4) is 0 Å². The van der Waals surface area contributed by atoms with Crippen molar-refractivity contribution < 1.29 is 0 Å². The van der Waals surface area contributed by atoms with Crippen molar-refractivity contribution in [2.24, 2.45) is 10.2 Å². The van der Waals surface area contributed by atoms with Gasteiger partial charge in [-0.15, -0.1) is 15.3 Å². The van der Waals surface area contributed by atoms with Gasteiger partial charge in [0.15, 0.2) is 5.82 Å². The van der Waals surface area contributed by atoms with E-state index >= 15 is 0 Å². The predicted molar refractivity (Wildman–Crippen MR) is 93.8 cm³/mol. The Morgan fingerprint density at radius 1 is 1.04 bits per heavy atom. The van der Waals surface area contributed by atoms with Crippen LogP contribution in [0.2, 0.25) is 0 Å². The number of anilines is 1. The lowest BCUT2D eigenvalue weighted by Crippen LogP contribution is -2.21. The summed E-state index contributed by atoms with van der Waals surface area (Å²) in [5.41, 5.74) is 2.80. The second kappa shape index (κ2) is 7.45. The van der Waals surface area contributed by atoms with Crippen molar-refractivity contribution in [3.05, 3.63) is 48.8 Å². The van der Waals surface area contributed by atoms with E-state index in [1.54, 1.807) is 12.4 Å². The molecular weight excluding hydrogens is 302 g/mol. The Hall–Kier alpha value is -3.09. The number of hydrogen-bond donors (Lipinski definition) is 1. The third-order valence-electron chi connectivity index (χ3n) is 3.64. The second-order valence-electron chi connectivity index (χ2n) is 5.11. The average Bonchev–Trinajstić information content (AvgIpc) is 3.12. The van der Waals surface area contributed by atoms with Gasteiger partial charge in [0, 0.05) is 36.7 Å². The van der Waals surface area contributed by atoms with Gasteiger partial charge >= 0.3 is 0 Å². The Kier molecular flexibility index (Phi) is 4.90. The molecule has 1 aromatic carbocycles.